The zero-order valence-corrected chi connectivity index (χ0v) is 15.7. The highest BCUT2D eigenvalue weighted by Gasteiger charge is 2.34. The molecule has 0 bridgehead atoms. The van der Waals surface area contributed by atoms with Gasteiger partial charge in [-0.3, -0.25) is 9.48 Å². The second-order valence-corrected chi connectivity index (χ2v) is 6.90. The van der Waals surface area contributed by atoms with Gasteiger partial charge in [-0.1, -0.05) is 0 Å². The fraction of sp³-hybridized carbons (Fsp3) is 0.500. The van der Waals surface area contributed by atoms with E-state index >= 15 is 0 Å². The minimum absolute atomic E-state index is 0. The average Bonchev–Trinajstić information content (AvgIpc) is 3.36. The highest BCUT2D eigenvalue weighted by atomic mass is 35.5. The predicted octanol–water partition coefficient (Wildman–Crippen LogP) is 1.78. The Morgan fingerprint density at radius 2 is 2.04 bits per heavy atom. The number of nitrogens with zero attached hydrogens (tertiary/aromatic N) is 4. The summed E-state index contributed by atoms with van der Waals surface area (Å²) in [6, 6.07) is 3.94. The zero-order valence-electron chi connectivity index (χ0n) is 14.9. The molecule has 1 amide bonds. The largest absolute Gasteiger partial charge is 0.370 e. The first-order valence-electron chi connectivity index (χ1n) is 8.92. The van der Waals surface area contributed by atoms with Gasteiger partial charge < -0.3 is 15.5 Å². The summed E-state index contributed by atoms with van der Waals surface area (Å²) in [5.41, 5.74) is 2.23. The average molecular weight is 377 g/mol. The van der Waals surface area contributed by atoms with E-state index in [4.69, 9.17) is 0 Å². The first-order chi connectivity index (χ1) is 12.2. The van der Waals surface area contributed by atoms with Crippen molar-refractivity contribution in [1.29, 1.82) is 0 Å². The number of hydrogen-bond donors (Lipinski definition) is 2. The highest BCUT2D eigenvalue weighted by Crippen LogP contribution is 2.29. The van der Waals surface area contributed by atoms with Crippen molar-refractivity contribution >= 4 is 29.8 Å². The Labute approximate surface area is 159 Å². The first kappa shape index (κ1) is 18.7. The smallest absolute Gasteiger partial charge is 0.230 e. The molecule has 4 heterocycles. The fourth-order valence-corrected chi connectivity index (χ4v) is 3.78. The van der Waals surface area contributed by atoms with Gasteiger partial charge in [0.2, 0.25) is 5.91 Å². The minimum atomic E-state index is -0.107. The molecule has 0 spiro atoms. The van der Waals surface area contributed by atoms with Crippen LogP contribution in [0.3, 0.4) is 0 Å². The molecule has 2 fully saturated rings. The van der Waals surface area contributed by atoms with E-state index in [-0.39, 0.29) is 30.2 Å². The Balaban J connectivity index is 0.00000196. The summed E-state index contributed by atoms with van der Waals surface area (Å²) < 4.78 is 1.78. The number of pyridine rings is 1. The molecule has 26 heavy (non-hydrogen) atoms. The van der Waals surface area contributed by atoms with Crippen LogP contribution in [0, 0.1) is 5.92 Å². The lowest BCUT2D eigenvalue weighted by atomic mass is 9.90. The van der Waals surface area contributed by atoms with Crippen molar-refractivity contribution in [2.75, 3.05) is 36.4 Å². The molecular weight excluding hydrogens is 352 g/mol. The van der Waals surface area contributed by atoms with E-state index in [0.29, 0.717) is 12.4 Å². The van der Waals surface area contributed by atoms with Crippen LogP contribution in [0.1, 0.15) is 24.3 Å². The molecular formula is C18H25ClN6O. The summed E-state index contributed by atoms with van der Waals surface area (Å²) in [6.07, 6.45) is 8.17. The maximum absolute atomic E-state index is 12.7. The maximum Gasteiger partial charge on any atom is 0.230 e. The molecule has 140 valence electrons. The van der Waals surface area contributed by atoms with Crippen LogP contribution in [0.4, 0.5) is 11.5 Å². The lowest BCUT2D eigenvalue weighted by molar-refractivity contribution is -0.119. The second-order valence-electron chi connectivity index (χ2n) is 6.90. The molecule has 0 saturated carbocycles. The van der Waals surface area contributed by atoms with Crippen molar-refractivity contribution in [2.24, 2.45) is 13.0 Å². The van der Waals surface area contributed by atoms with E-state index < -0.39 is 0 Å². The Morgan fingerprint density at radius 1 is 1.23 bits per heavy atom. The van der Waals surface area contributed by atoms with E-state index in [1.165, 1.54) is 12.8 Å². The Morgan fingerprint density at radius 3 is 2.69 bits per heavy atom. The summed E-state index contributed by atoms with van der Waals surface area (Å²) in [5, 5.41) is 10.5. The molecule has 2 aliphatic heterocycles. The molecule has 2 N–H and O–H groups in total. The van der Waals surface area contributed by atoms with Crippen LogP contribution in [-0.2, 0) is 11.8 Å². The van der Waals surface area contributed by atoms with Gasteiger partial charge in [0.05, 0.1) is 24.0 Å². The number of anilines is 2. The molecule has 0 aliphatic carbocycles. The topological polar surface area (TPSA) is 75.1 Å². The number of hydrogen-bond acceptors (Lipinski definition) is 5. The van der Waals surface area contributed by atoms with Gasteiger partial charge in [0.15, 0.2) is 0 Å². The summed E-state index contributed by atoms with van der Waals surface area (Å²) in [4.78, 5) is 19.5. The van der Waals surface area contributed by atoms with E-state index in [9.17, 15) is 4.79 Å². The van der Waals surface area contributed by atoms with Gasteiger partial charge in [-0.05, 0) is 30.5 Å². The van der Waals surface area contributed by atoms with E-state index in [1.807, 2.05) is 37.8 Å². The standard InChI is InChI=1S/C18H24N6O.ClH/c1-23-12-13(8-21-23)15-10-19-11-16(15)18(25)22-17-5-4-14(9-20-17)24-6-2-3-7-24;/h4-5,8-9,12,15-16,19H,2-3,6-7,10-11H2,1H3,(H,20,22,25);1H/t15-,16+;/m1./s1. The predicted molar refractivity (Wildman–Crippen MR) is 104 cm³/mol. The SMILES string of the molecule is Cl.Cn1cc([C@H]2CNC[C@@H]2C(=O)Nc2ccc(N3CCCC3)cn2)cn1. The van der Waals surface area contributed by atoms with Gasteiger partial charge in [-0.25, -0.2) is 4.98 Å². The van der Waals surface area contributed by atoms with Gasteiger partial charge in [0.25, 0.3) is 0 Å². The van der Waals surface area contributed by atoms with Crippen LogP contribution in [0.5, 0.6) is 0 Å². The highest BCUT2D eigenvalue weighted by molar-refractivity contribution is 5.92. The number of amides is 1. The molecule has 4 rings (SSSR count). The second kappa shape index (κ2) is 8.05. The molecule has 0 aromatic carbocycles. The third-order valence-corrected chi connectivity index (χ3v) is 5.17. The molecule has 0 radical (unpaired) electrons. The Bertz CT molecular complexity index is 740. The summed E-state index contributed by atoms with van der Waals surface area (Å²) in [6.45, 7) is 3.66. The lowest BCUT2D eigenvalue weighted by Crippen LogP contribution is -2.28. The van der Waals surface area contributed by atoms with Crippen molar-refractivity contribution in [3.8, 4) is 0 Å². The van der Waals surface area contributed by atoms with Gasteiger partial charge in [0, 0.05) is 45.3 Å². The Hall–Kier alpha value is -2.12. The van der Waals surface area contributed by atoms with Crippen molar-refractivity contribution in [1.82, 2.24) is 20.1 Å². The van der Waals surface area contributed by atoms with Crippen molar-refractivity contribution in [3.05, 3.63) is 36.3 Å². The molecule has 2 aromatic heterocycles. The van der Waals surface area contributed by atoms with Crippen LogP contribution in [-0.4, -0.2) is 46.9 Å². The Kier molecular flexibility index (Phi) is 5.78. The van der Waals surface area contributed by atoms with E-state index in [2.05, 4.69) is 25.6 Å². The summed E-state index contributed by atoms with van der Waals surface area (Å²) >= 11 is 0. The van der Waals surface area contributed by atoms with Crippen LogP contribution >= 0.6 is 12.4 Å². The number of halogens is 1. The quantitative estimate of drug-likeness (QED) is 0.850. The normalized spacial score (nSPS) is 22.3. The van der Waals surface area contributed by atoms with Crippen molar-refractivity contribution in [2.45, 2.75) is 18.8 Å². The summed E-state index contributed by atoms with van der Waals surface area (Å²) in [5.74, 6) is 0.673. The number of aromatic nitrogens is 3. The number of rotatable bonds is 4. The number of carbonyl (C=O) groups excluding carboxylic acids is 1. The molecule has 2 saturated heterocycles. The minimum Gasteiger partial charge on any atom is -0.370 e. The summed E-state index contributed by atoms with van der Waals surface area (Å²) in [7, 11) is 1.90. The monoisotopic (exact) mass is 376 g/mol. The third kappa shape index (κ3) is 3.83. The van der Waals surface area contributed by atoms with Gasteiger partial charge in [-0.15, -0.1) is 12.4 Å². The third-order valence-electron chi connectivity index (χ3n) is 5.17. The molecule has 0 unspecified atom stereocenters. The van der Waals surface area contributed by atoms with E-state index in [1.54, 1.807) is 4.68 Å². The molecule has 2 aromatic rings. The number of carbonyl (C=O) groups is 1. The fourth-order valence-electron chi connectivity index (χ4n) is 3.78. The molecule has 7 nitrogen and oxygen atoms in total. The maximum atomic E-state index is 12.7. The van der Waals surface area contributed by atoms with Gasteiger partial charge in [0.1, 0.15) is 5.82 Å². The van der Waals surface area contributed by atoms with E-state index in [0.717, 1.165) is 30.9 Å². The molecule has 8 heteroatoms. The van der Waals surface area contributed by atoms with Crippen LogP contribution in [0.25, 0.3) is 0 Å². The number of nitrogens with one attached hydrogen (secondary N) is 2. The van der Waals surface area contributed by atoms with Gasteiger partial charge >= 0.3 is 0 Å². The first-order valence-corrected chi connectivity index (χ1v) is 8.92. The van der Waals surface area contributed by atoms with Crippen LogP contribution in [0.2, 0.25) is 0 Å². The molecule has 2 atom stereocenters. The number of aryl methyl sites for hydroxylation is 1. The zero-order chi connectivity index (χ0) is 17.2. The van der Waals surface area contributed by atoms with Crippen LogP contribution < -0.4 is 15.5 Å². The van der Waals surface area contributed by atoms with Crippen LogP contribution in [0.15, 0.2) is 30.7 Å². The van der Waals surface area contributed by atoms with Gasteiger partial charge in [-0.2, -0.15) is 5.10 Å². The molecule has 2 aliphatic rings. The van der Waals surface area contributed by atoms with Crippen molar-refractivity contribution < 1.29 is 4.79 Å². The lowest BCUT2D eigenvalue weighted by Gasteiger charge is -2.18. The van der Waals surface area contributed by atoms with Crippen molar-refractivity contribution in [3.63, 3.8) is 0 Å².